The number of nitrogens with one attached hydrogen (secondary N) is 1. The van der Waals surface area contributed by atoms with Gasteiger partial charge in [-0.2, -0.15) is 0 Å². The molecule has 1 saturated heterocycles. The van der Waals surface area contributed by atoms with Crippen molar-refractivity contribution in [3.8, 4) is 11.1 Å². The number of carbonyl (C=O) groups is 2. The molecule has 3 aromatic carbocycles. The van der Waals surface area contributed by atoms with Crippen molar-refractivity contribution in [1.82, 2.24) is 10.3 Å². The van der Waals surface area contributed by atoms with E-state index in [0.29, 0.717) is 23.7 Å². The quantitative estimate of drug-likeness (QED) is 0.116. The summed E-state index contributed by atoms with van der Waals surface area (Å²) >= 11 is 1.35. The summed E-state index contributed by atoms with van der Waals surface area (Å²) in [6, 6.07) is 26.6. The van der Waals surface area contributed by atoms with E-state index in [1.165, 1.54) is 17.8 Å². The number of aliphatic hydroxyl groups is 1. The number of benzene rings is 3. The molecule has 2 heterocycles. The Hall–Kier alpha value is -4.48. The maximum atomic E-state index is 11.9. The number of carboxylic acid groups (broad SMARTS) is 1. The molecule has 3 N–H and O–H groups in total. The lowest BCUT2D eigenvalue weighted by Gasteiger charge is -2.36. The maximum Gasteiger partial charge on any atom is 0.407 e. The smallest absolute Gasteiger partial charge is 0.407 e. The fourth-order valence-corrected chi connectivity index (χ4v) is 5.95. The lowest BCUT2D eigenvalue weighted by molar-refractivity contribution is -0.245. The van der Waals surface area contributed by atoms with Gasteiger partial charge in [-0.05, 0) is 52.1 Å². The van der Waals surface area contributed by atoms with Crippen molar-refractivity contribution in [2.24, 2.45) is 0 Å². The minimum atomic E-state index is -1.03. The zero-order valence-corrected chi connectivity index (χ0v) is 25.3. The van der Waals surface area contributed by atoms with Crippen LogP contribution in [0.4, 0.5) is 4.79 Å². The molecule has 1 aromatic heterocycles. The topological polar surface area (TPSA) is 127 Å². The number of rotatable bonds is 12. The van der Waals surface area contributed by atoms with Crippen LogP contribution in [0.15, 0.2) is 109 Å². The molecule has 1 aliphatic rings. The Morgan fingerprint density at radius 2 is 1.76 bits per heavy atom. The molecule has 3 unspecified atom stereocenters. The predicted molar refractivity (Wildman–Crippen MR) is 171 cm³/mol. The molecule has 0 bridgehead atoms. The first-order chi connectivity index (χ1) is 21.9. The molecule has 10 heteroatoms. The summed E-state index contributed by atoms with van der Waals surface area (Å²) in [5.41, 5.74) is 5.59. The Morgan fingerprint density at radius 1 is 0.978 bits per heavy atom. The molecule has 5 rings (SSSR count). The number of thioether (sulfide) groups is 1. The number of aromatic nitrogens is 1. The summed E-state index contributed by atoms with van der Waals surface area (Å²) in [7, 11) is 0. The van der Waals surface area contributed by atoms with Gasteiger partial charge < -0.3 is 29.7 Å². The number of ether oxygens (including phenoxy) is 3. The minimum absolute atomic E-state index is 0.0454. The van der Waals surface area contributed by atoms with Gasteiger partial charge in [0.2, 0.25) is 0 Å². The van der Waals surface area contributed by atoms with Crippen LogP contribution in [0.1, 0.15) is 51.4 Å². The van der Waals surface area contributed by atoms with E-state index in [9.17, 15) is 19.8 Å². The van der Waals surface area contributed by atoms with Gasteiger partial charge >= 0.3 is 12.1 Å². The highest BCUT2D eigenvalue weighted by atomic mass is 32.2. The van der Waals surface area contributed by atoms with E-state index in [0.717, 1.165) is 33.4 Å². The van der Waals surface area contributed by atoms with Gasteiger partial charge in [0.25, 0.3) is 0 Å². The van der Waals surface area contributed by atoms with Gasteiger partial charge in [-0.3, -0.25) is 0 Å². The Kier molecular flexibility index (Phi) is 11.0. The zero-order chi connectivity index (χ0) is 31.6. The van der Waals surface area contributed by atoms with E-state index in [4.69, 9.17) is 14.2 Å². The number of alkyl carbamates (subject to hydrolysis) is 1. The summed E-state index contributed by atoms with van der Waals surface area (Å²) in [5, 5.41) is 22.3. The Labute approximate surface area is 265 Å². The van der Waals surface area contributed by atoms with Crippen molar-refractivity contribution in [2.45, 2.75) is 43.1 Å². The first kappa shape index (κ1) is 31.9. The molecule has 45 heavy (non-hydrogen) atoms. The van der Waals surface area contributed by atoms with Gasteiger partial charge in [0.05, 0.1) is 24.4 Å². The van der Waals surface area contributed by atoms with E-state index >= 15 is 0 Å². The molecule has 0 spiro atoms. The summed E-state index contributed by atoms with van der Waals surface area (Å²) in [6.07, 6.45) is 1.91. The number of hydrogen-bond donors (Lipinski definition) is 3. The molecule has 1 fully saturated rings. The first-order valence-electron chi connectivity index (χ1n) is 14.5. The number of amides is 1. The van der Waals surface area contributed by atoms with Gasteiger partial charge in [-0.15, -0.1) is 11.8 Å². The summed E-state index contributed by atoms with van der Waals surface area (Å²) in [4.78, 5) is 27.9. The number of pyridine rings is 1. The normalized spacial score (nSPS) is 17.8. The van der Waals surface area contributed by atoms with Gasteiger partial charge in [-0.1, -0.05) is 73.3 Å². The van der Waals surface area contributed by atoms with Crippen LogP contribution in [0, 0.1) is 0 Å². The minimum Gasteiger partial charge on any atom is -0.478 e. The van der Waals surface area contributed by atoms with Crippen molar-refractivity contribution < 1.29 is 34.0 Å². The zero-order valence-electron chi connectivity index (χ0n) is 24.5. The number of carbonyl (C=O) groups excluding carboxylic acids is 1. The number of hydrogen-bond acceptors (Lipinski definition) is 8. The molecule has 1 amide bonds. The van der Waals surface area contributed by atoms with Crippen LogP contribution in [0.25, 0.3) is 11.1 Å². The number of aromatic carboxylic acids is 1. The molecule has 0 aliphatic carbocycles. The van der Waals surface area contributed by atoms with Gasteiger partial charge in [0.15, 0.2) is 6.29 Å². The van der Waals surface area contributed by atoms with Crippen LogP contribution in [0.2, 0.25) is 0 Å². The third kappa shape index (κ3) is 8.58. The van der Waals surface area contributed by atoms with Crippen LogP contribution in [0.5, 0.6) is 0 Å². The standard InChI is InChI=1S/C35H34N2O7S/c1-2-16-42-35(41)37-20-24-6-3-7-26(17-24)27-8-4-9-28(18-27)34-43-29(22-45-32-30(33(39)40)10-5-15-36-32)19-31(44-34)25-13-11-23(21-38)12-14-25/h2-15,17-18,29,31,34,38H,1,16,19-22H2,(H,37,41)(H,39,40). The second-order valence-electron chi connectivity index (χ2n) is 10.4. The van der Waals surface area contributed by atoms with E-state index in [1.807, 2.05) is 72.8 Å². The molecule has 4 aromatic rings. The second kappa shape index (κ2) is 15.5. The molecule has 9 nitrogen and oxygen atoms in total. The highest BCUT2D eigenvalue weighted by Gasteiger charge is 2.33. The van der Waals surface area contributed by atoms with Crippen molar-refractivity contribution in [2.75, 3.05) is 12.4 Å². The van der Waals surface area contributed by atoms with E-state index in [-0.39, 0.29) is 31.0 Å². The van der Waals surface area contributed by atoms with E-state index in [1.54, 1.807) is 18.3 Å². The van der Waals surface area contributed by atoms with Crippen molar-refractivity contribution in [1.29, 1.82) is 0 Å². The molecular formula is C35H34N2O7S. The third-order valence-corrected chi connectivity index (χ3v) is 8.35. The summed E-state index contributed by atoms with van der Waals surface area (Å²) in [6.45, 7) is 3.96. The van der Waals surface area contributed by atoms with Crippen LogP contribution in [0.3, 0.4) is 0 Å². The van der Waals surface area contributed by atoms with Crippen LogP contribution in [-0.2, 0) is 27.4 Å². The Balaban J connectivity index is 1.36. The van der Waals surface area contributed by atoms with Crippen molar-refractivity contribution >= 4 is 23.8 Å². The van der Waals surface area contributed by atoms with Gasteiger partial charge in [0.1, 0.15) is 11.6 Å². The molecule has 0 radical (unpaired) electrons. The summed E-state index contributed by atoms with van der Waals surface area (Å²) in [5.74, 6) is -0.547. The predicted octanol–water partition coefficient (Wildman–Crippen LogP) is 6.69. The molecule has 1 aliphatic heterocycles. The summed E-state index contributed by atoms with van der Waals surface area (Å²) < 4.78 is 18.0. The Bertz CT molecular complexity index is 1630. The van der Waals surface area contributed by atoms with Crippen molar-refractivity contribution in [3.05, 3.63) is 132 Å². The van der Waals surface area contributed by atoms with E-state index < -0.39 is 18.4 Å². The van der Waals surface area contributed by atoms with Crippen LogP contribution in [-0.4, -0.2) is 45.7 Å². The second-order valence-corrected chi connectivity index (χ2v) is 11.4. The van der Waals surface area contributed by atoms with Gasteiger partial charge in [0, 0.05) is 30.5 Å². The Morgan fingerprint density at radius 3 is 2.51 bits per heavy atom. The number of aliphatic hydroxyl groups excluding tert-OH is 1. The van der Waals surface area contributed by atoms with E-state index in [2.05, 4.69) is 16.9 Å². The third-order valence-electron chi connectivity index (χ3n) is 7.21. The molecule has 3 atom stereocenters. The van der Waals surface area contributed by atoms with Crippen molar-refractivity contribution in [3.63, 3.8) is 0 Å². The average molecular weight is 627 g/mol. The fraction of sp³-hybridized carbons (Fsp3) is 0.229. The highest BCUT2D eigenvalue weighted by Crippen LogP contribution is 2.40. The SMILES string of the molecule is C=CCOC(=O)NCc1cccc(-c2cccc(C3OC(CSc4ncccc4C(=O)O)CC(c4ccc(CO)cc4)O3)c2)c1. The van der Waals surface area contributed by atoms with Crippen LogP contribution >= 0.6 is 11.8 Å². The number of carboxylic acids is 1. The molecule has 232 valence electrons. The lowest BCUT2D eigenvalue weighted by Crippen LogP contribution is -2.31. The monoisotopic (exact) mass is 626 g/mol. The maximum absolute atomic E-state index is 11.9. The largest absolute Gasteiger partial charge is 0.478 e. The number of nitrogens with zero attached hydrogens (tertiary/aromatic N) is 1. The lowest BCUT2D eigenvalue weighted by atomic mass is 9.99. The molecule has 0 saturated carbocycles. The van der Waals surface area contributed by atoms with Gasteiger partial charge in [-0.25, -0.2) is 14.6 Å². The fourth-order valence-electron chi connectivity index (χ4n) is 4.95. The highest BCUT2D eigenvalue weighted by molar-refractivity contribution is 7.99. The average Bonchev–Trinajstić information content (AvgIpc) is 3.09. The first-order valence-corrected chi connectivity index (χ1v) is 15.4. The van der Waals surface area contributed by atoms with Crippen LogP contribution < -0.4 is 5.32 Å². The molecular weight excluding hydrogens is 592 g/mol.